The number of carbonyl (C=O) groups excluding carboxylic acids is 1. The summed E-state index contributed by atoms with van der Waals surface area (Å²) in [5, 5.41) is 8.13. The van der Waals surface area contributed by atoms with E-state index in [2.05, 4.69) is 15.4 Å². The van der Waals surface area contributed by atoms with Crippen molar-refractivity contribution in [1.82, 2.24) is 14.8 Å². The summed E-state index contributed by atoms with van der Waals surface area (Å²) in [5.74, 6) is 0.318. The van der Waals surface area contributed by atoms with Gasteiger partial charge in [-0.1, -0.05) is 65.7 Å². The third kappa shape index (κ3) is 4.23. The molecular weight excluding hydrogens is 408 g/mol. The molecule has 0 spiro atoms. The number of halogens is 1. The van der Waals surface area contributed by atoms with E-state index in [0.29, 0.717) is 10.8 Å². The highest BCUT2D eigenvalue weighted by Gasteiger charge is 2.21. The number of carbonyl (C=O) groups is 1. The Morgan fingerprint density at radius 3 is 2.26 bits per heavy atom. The summed E-state index contributed by atoms with van der Waals surface area (Å²) in [7, 11) is 0. The number of para-hydroxylation sites is 1. The van der Waals surface area contributed by atoms with Crippen LogP contribution in [0.4, 0.5) is 5.69 Å². The van der Waals surface area contributed by atoms with Gasteiger partial charge in [0.15, 0.2) is 5.82 Å². The molecule has 0 aliphatic carbocycles. The van der Waals surface area contributed by atoms with E-state index >= 15 is 0 Å². The molecule has 0 saturated carbocycles. The van der Waals surface area contributed by atoms with Crippen molar-refractivity contribution in [2.24, 2.45) is 0 Å². The fourth-order valence-electron chi connectivity index (χ4n) is 3.46. The molecule has 0 aliphatic rings. The average molecular weight is 431 g/mol. The van der Waals surface area contributed by atoms with E-state index in [4.69, 9.17) is 11.6 Å². The summed E-state index contributed by atoms with van der Waals surface area (Å²) in [6, 6.07) is 19.4. The van der Waals surface area contributed by atoms with E-state index in [-0.39, 0.29) is 11.7 Å². The fraction of sp³-hybridized carbons (Fsp3) is 0.160. The Kier molecular flexibility index (Phi) is 5.61. The molecule has 0 unspecified atom stereocenters. The first-order chi connectivity index (χ1) is 14.8. The van der Waals surface area contributed by atoms with Crippen molar-refractivity contribution in [3.05, 3.63) is 93.8 Å². The zero-order valence-corrected chi connectivity index (χ0v) is 18.7. The van der Waals surface area contributed by atoms with E-state index in [9.17, 15) is 4.79 Å². The third-order valence-corrected chi connectivity index (χ3v) is 5.47. The van der Waals surface area contributed by atoms with E-state index in [1.165, 1.54) is 0 Å². The van der Waals surface area contributed by atoms with Crippen LogP contribution < -0.4 is 5.32 Å². The second-order valence-electron chi connectivity index (χ2n) is 7.69. The lowest BCUT2D eigenvalue weighted by Gasteiger charge is -2.10. The Hall–Kier alpha value is -3.44. The standard InChI is InChI=1S/C25H23ClN4O/c1-15-8-11-19(12-9-15)24-28-23(25(31)27-22-17(3)6-5-7-18(22)4)29-30(24)21-14-20(26)13-10-16(21)2/h5-14H,1-4H3,(H,27,31). The molecule has 1 aromatic heterocycles. The summed E-state index contributed by atoms with van der Waals surface area (Å²) in [6.07, 6.45) is 0. The summed E-state index contributed by atoms with van der Waals surface area (Å²) in [4.78, 5) is 17.7. The van der Waals surface area contributed by atoms with Crippen LogP contribution in [-0.2, 0) is 0 Å². The van der Waals surface area contributed by atoms with Gasteiger partial charge in [-0.15, -0.1) is 5.10 Å². The van der Waals surface area contributed by atoms with Gasteiger partial charge >= 0.3 is 0 Å². The molecule has 0 aliphatic heterocycles. The maximum Gasteiger partial charge on any atom is 0.295 e. The van der Waals surface area contributed by atoms with E-state index < -0.39 is 0 Å². The SMILES string of the molecule is Cc1ccc(-c2nc(C(=O)Nc3c(C)cccc3C)nn2-c2cc(Cl)ccc2C)cc1. The van der Waals surface area contributed by atoms with Crippen molar-refractivity contribution < 1.29 is 4.79 Å². The van der Waals surface area contributed by atoms with Gasteiger partial charge < -0.3 is 5.32 Å². The van der Waals surface area contributed by atoms with Gasteiger partial charge in [-0.25, -0.2) is 9.67 Å². The van der Waals surface area contributed by atoms with Crippen LogP contribution >= 0.6 is 11.6 Å². The molecule has 31 heavy (non-hydrogen) atoms. The van der Waals surface area contributed by atoms with Crippen molar-refractivity contribution >= 4 is 23.2 Å². The van der Waals surface area contributed by atoms with Crippen LogP contribution in [0, 0.1) is 27.7 Å². The van der Waals surface area contributed by atoms with Crippen LogP contribution in [0.25, 0.3) is 17.1 Å². The van der Waals surface area contributed by atoms with Crippen molar-refractivity contribution in [1.29, 1.82) is 0 Å². The van der Waals surface area contributed by atoms with Gasteiger partial charge in [0.05, 0.1) is 5.69 Å². The maximum absolute atomic E-state index is 13.1. The number of nitrogens with zero attached hydrogens (tertiary/aromatic N) is 3. The predicted octanol–water partition coefficient (Wildman–Crippen LogP) is 6.07. The Morgan fingerprint density at radius 2 is 1.58 bits per heavy atom. The Bertz CT molecular complexity index is 1260. The van der Waals surface area contributed by atoms with Crippen LogP contribution in [0.5, 0.6) is 0 Å². The van der Waals surface area contributed by atoms with Gasteiger partial charge in [-0.2, -0.15) is 0 Å². The summed E-state index contributed by atoms with van der Waals surface area (Å²) >= 11 is 6.26. The number of rotatable bonds is 4. The normalized spacial score (nSPS) is 10.9. The Labute approximate surface area is 186 Å². The first-order valence-electron chi connectivity index (χ1n) is 10.0. The van der Waals surface area contributed by atoms with Crippen LogP contribution in [0.15, 0.2) is 60.7 Å². The second kappa shape index (κ2) is 8.36. The molecule has 5 nitrogen and oxygen atoms in total. The second-order valence-corrected chi connectivity index (χ2v) is 8.13. The molecule has 0 fully saturated rings. The Morgan fingerprint density at radius 1 is 0.903 bits per heavy atom. The van der Waals surface area contributed by atoms with Crippen LogP contribution in [0.2, 0.25) is 5.02 Å². The van der Waals surface area contributed by atoms with E-state index in [1.54, 1.807) is 4.68 Å². The average Bonchev–Trinajstić information content (AvgIpc) is 3.18. The molecule has 3 aromatic carbocycles. The Balaban J connectivity index is 1.82. The molecule has 1 amide bonds. The number of amides is 1. The zero-order chi connectivity index (χ0) is 22.1. The van der Waals surface area contributed by atoms with E-state index in [0.717, 1.165) is 39.2 Å². The van der Waals surface area contributed by atoms with Gasteiger partial charge in [0.2, 0.25) is 5.82 Å². The lowest BCUT2D eigenvalue weighted by atomic mass is 10.1. The van der Waals surface area contributed by atoms with Crippen molar-refractivity contribution in [2.45, 2.75) is 27.7 Å². The minimum absolute atomic E-state index is 0.0950. The molecular formula is C25H23ClN4O. The largest absolute Gasteiger partial charge is 0.319 e. The molecule has 4 rings (SSSR count). The summed E-state index contributed by atoms with van der Waals surface area (Å²) in [6.45, 7) is 7.92. The minimum atomic E-state index is -0.357. The lowest BCUT2D eigenvalue weighted by molar-refractivity contribution is 0.101. The third-order valence-electron chi connectivity index (χ3n) is 5.24. The number of anilines is 1. The van der Waals surface area contributed by atoms with Gasteiger partial charge in [0.25, 0.3) is 5.91 Å². The highest BCUT2D eigenvalue weighted by molar-refractivity contribution is 6.30. The number of hydrogen-bond acceptors (Lipinski definition) is 3. The smallest absolute Gasteiger partial charge is 0.295 e. The zero-order valence-electron chi connectivity index (χ0n) is 17.9. The lowest BCUT2D eigenvalue weighted by Crippen LogP contribution is -2.16. The monoisotopic (exact) mass is 430 g/mol. The van der Waals surface area contributed by atoms with Gasteiger partial charge in [0, 0.05) is 16.3 Å². The first-order valence-corrected chi connectivity index (χ1v) is 10.4. The van der Waals surface area contributed by atoms with Gasteiger partial charge in [0.1, 0.15) is 0 Å². The molecule has 0 radical (unpaired) electrons. The molecule has 1 heterocycles. The summed E-state index contributed by atoms with van der Waals surface area (Å²) < 4.78 is 1.69. The van der Waals surface area contributed by atoms with Crippen molar-refractivity contribution in [2.75, 3.05) is 5.32 Å². The number of nitrogens with one attached hydrogen (secondary N) is 1. The van der Waals surface area contributed by atoms with Gasteiger partial charge in [-0.3, -0.25) is 4.79 Å². The molecule has 0 bridgehead atoms. The quantitative estimate of drug-likeness (QED) is 0.427. The fourth-order valence-corrected chi connectivity index (χ4v) is 3.62. The number of aromatic nitrogens is 3. The molecule has 1 N–H and O–H groups in total. The summed E-state index contributed by atoms with van der Waals surface area (Å²) in [5.41, 5.74) is 6.51. The number of aryl methyl sites for hydroxylation is 4. The molecule has 0 atom stereocenters. The highest BCUT2D eigenvalue weighted by Crippen LogP contribution is 2.26. The first kappa shape index (κ1) is 20.8. The molecule has 0 saturated heterocycles. The number of hydrogen-bond donors (Lipinski definition) is 1. The van der Waals surface area contributed by atoms with Crippen molar-refractivity contribution in [3.63, 3.8) is 0 Å². The van der Waals surface area contributed by atoms with Crippen LogP contribution in [0.3, 0.4) is 0 Å². The van der Waals surface area contributed by atoms with Crippen LogP contribution in [0.1, 0.15) is 32.9 Å². The van der Waals surface area contributed by atoms with Gasteiger partial charge in [-0.05, 0) is 56.5 Å². The molecule has 4 aromatic rings. The topological polar surface area (TPSA) is 59.8 Å². The molecule has 156 valence electrons. The molecule has 6 heteroatoms. The van der Waals surface area contributed by atoms with Crippen LogP contribution in [-0.4, -0.2) is 20.7 Å². The predicted molar refractivity (Wildman–Crippen MR) is 125 cm³/mol. The van der Waals surface area contributed by atoms with E-state index in [1.807, 2.05) is 88.4 Å². The number of benzene rings is 3. The van der Waals surface area contributed by atoms with Crippen molar-refractivity contribution in [3.8, 4) is 17.1 Å². The highest BCUT2D eigenvalue weighted by atomic mass is 35.5. The maximum atomic E-state index is 13.1. The minimum Gasteiger partial charge on any atom is -0.319 e.